The average Bonchev–Trinajstić information content (AvgIpc) is 2.99. The van der Waals surface area contributed by atoms with Gasteiger partial charge in [0.2, 0.25) is 5.91 Å². The number of nitrogens with zero attached hydrogens (tertiary/aromatic N) is 2. The Bertz CT molecular complexity index is 678. The van der Waals surface area contributed by atoms with Gasteiger partial charge in [-0.15, -0.1) is 0 Å². The Balaban J connectivity index is 1.65. The van der Waals surface area contributed by atoms with Gasteiger partial charge in [-0.1, -0.05) is 19.9 Å². The maximum atomic E-state index is 12.6. The fourth-order valence-electron chi connectivity index (χ4n) is 3.05. The van der Waals surface area contributed by atoms with Crippen molar-refractivity contribution in [2.75, 3.05) is 0 Å². The van der Waals surface area contributed by atoms with Gasteiger partial charge in [-0.25, -0.2) is 4.98 Å². The molecule has 2 atom stereocenters. The summed E-state index contributed by atoms with van der Waals surface area (Å²) >= 11 is 0. The first-order valence-electron chi connectivity index (χ1n) is 8.32. The van der Waals surface area contributed by atoms with Gasteiger partial charge < -0.3 is 10.3 Å². The molecule has 2 N–H and O–H groups in total. The second kappa shape index (κ2) is 6.52. The lowest BCUT2D eigenvalue weighted by Gasteiger charge is -2.23. The van der Waals surface area contributed by atoms with E-state index in [0.717, 1.165) is 42.0 Å². The van der Waals surface area contributed by atoms with Gasteiger partial charge in [0.1, 0.15) is 5.82 Å². The van der Waals surface area contributed by atoms with Crippen molar-refractivity contribution in [1.29, 1.82) is 0 Å². The Morgan fingerprint density at radius 3 is 2.91 bits per heavy atom. The van der Waals surface area contributed by atoms with Crippen molar-refractivity contribution in [3.05, 3.63) is 47.3 Å². The number of aromatic nitrogens is 3. The van der Waals surface area contributed by atoms with Gasteiger partial charge in [0, 0.05) is 36.3 Å². The molecule has 2 heterocycles. The van der Waals surface area contributed by atoms with Crippen molar-refractivity contribution < 1.29 is 4.79 Å². The number of aromatic amines is 1. The number of fused-ring (bicyclic) bond motifs is 1. The van der Waals surface area contributed by atoms with Crippen LogP contribution in [0.1, 0.15) is 61.9 Å². The molecule has 1 amide bonds. The highest BCUT2D eigenvalue weighted by atomic mass is 16.1. The van der Waals surface area contributed by atoms with Crippen LogP contribution in [-0.4, -0.2) is 20.9 Å². The molecule has 0 aliphatic heterocycles. The number of hydrogen-bond donors (Lipinski definition) is 2. The monoisotopic (exact) mass is 312 g/mol. The second-order valence-electron chi connectivity index (χ2n) is 6.66. The summed E-state index contributed by atoms with van der Waals surface area (Å²) in [5.41, 5.74) is 3.30. The largest absolute Gasteiger partial charge is 0.349 e. The molecule has 0 radical (unpaired) electrons. The zero-order valence-electron chi connectivity index (χ0n) is 14.0. The van der Waals surface area contributed by atoms with Crippen LogP contribution < -0.4 is 5.32 Å². The van der Waals surface area contributed by atoms with Crippen LogP contribution in [0.2, 0.25) is 0 Å². The highest BCUT2D eigenvalue weighted by Gasteiger charge is 2.28. The Morgan fingerprint density at radius 1 is 1.39 bits per heavy atom. The third-order valence-electron chi connectivity index (χ3n) is 4.52. The number of imidazole rings is 1. The molecule has 0 unspecified atom stereocenters. The average molecular weight is 312 g/mol. The molecule has 0 spiro atoms. The highest BCUT2D eigenvalue weighted by Crippen LogP contribution is 2.26. The molecule has 0 saturated heterocycles. The van der Waals surface area contributed by atoms with Crippen molar-refractivity contribution >= 4 is 5.91 Å². The van der Waals surface area contributed by atoms with Gasteiger partial charge in [0.15, 0.2) is 0 Å². The van der Waals surface area contributed by atoms with E-state index in [-0.39, 0.29) is 17.9 Å². The number of carbonyl (C=O) groups excluding carboxylic acids is 1. The van der Waals surface area contributed by atoms with E-state index in [2.05, 4.69) is 34.1 Å². The maximum absolute atomic E-state index is 12.6. The Kier molecular flexibility index (Phi) is 4.46. The van der Waals surface area contributed by atoms with Crippen LogP contribution in [0.25, 0.3) is 0 Å². The topological polar surface area (TPSA) is 70.7 Å². The smallest absolute Gasteiger partial charge is 0.223 e. The van der Waals surface area contributed by atoms with Crippen LogP contribution in [0.3, 0.4) is 0 Å². The summed E-state index contributed by atoms with van der Waals surface area (Å²) in [7, 11) is 0. The molecule has 2 aromatic heterocycles. The SMILES string of the molecule is CC(C)c1nc2c([nH]1)C[C@H](C(=O)N[C@H](C)c1cccnc1)CC2. The molecule has 5 heteroatoms. The zero-order chi connectivity index (χ0) is 16.4. The van der Waals surface area contributed by atoms with Gasteiger partial charge in [-0.05, 0) is 31.4 Å². The van der Waals surface area contributed by atoms with Crippen LogP contribution in [0.15, 0.2) is 24.5 Å². The minimum atomic E-state index is -0.0226. The standard InChI is InChI=1S/C18H24N4O/c1-11(2)17-21-15-7-6-13(9-16(15)22-17)18(23)20-12(3)14-5-4-8-19-10-14/h4-5,8,10-13H,6-7,9H2,1-3H3,(H,20,23)(H,21,22)/t12-,13-/m1/s1. The predicted octanol–water partition coefficient (Wildman–Crippen LogP) is 2.91. The summed E-state index contributed by atoms with van der Waals surface area (Å²) in [6, 6.07) is 3.86. The summed E-state index contributed by atoms with van der Waals surface area (Å²) in [5, 5.41) is 3.11. The fourth-order valence-corrected chi connectivity index (χ4v) is 3.05. The molecular formula is C18H24N4O. The van der Waals surface area contributed by atoms with E-state index in [1.54, 1.807) is 12.4 Å². The molecule has 1 aliphatic carbocycles. The number of amides is 1. The van der Waals surface area contributed by atoms with E-state index in [1.807, 2.05) is 19.1 Å². The van der Waals surface area contributed by atoms with Crippen molar-refractivity contribution in [2.24, 2.45) is 5.92 Å². The van der Waals surface area contributed by atoms with E-state index in [9.17, 15) is 4.79 Å². The number of nitrogens with one attached hydrogen (secondary N) is 2. The lowest BCUT2D eigenvalue weighted by atomic mass is 9.89. The minimum Gasteiger partial charge on any atom is -0.349 e. The van der Waals surface area contributed by atoms with E-state index in [4.69, 9.17) is 0 Å². The van der Waals surface area contributed by atoms with E-state index in [0.29, 0.717) is 5.92 Å². The summed E-state index contributed by atoms with van der Waals surface area (Å²) < 4.78 is 0. The number of carbonyl (C=O) groups is 1. The molecule has 0 aromatic carbocycles. The van der Waals surface area contributed by atoms with Crippen molar-refractivity contribution in [3.8, 4) is 0 Å². The lowest BCUT2D eigenvalue weighted by molar-refractivity contribution is -0.126. The Labute approximate surface area is 136 Å². The predicted molar refractivity (Wildman–Crippen MR) is 89.0 cm³/mol. The third-order valence-corrected chi connectivity index (χ3v) is 4.52. The first kappa shape index (κ1) is 15.7. The molecule has 0 saturated carbocycles. The summed E-state index contributed by atoms with van der Waals surface area (Å²) in [4.78, 5) is 24.7. The normalized spacial score (nSPS) is 18.5. The highest BCUT2D eigenvalue weighted by molar-refractivity contribution is 5.79. The first-order valence-corrected chi connectivity index (χ1v) is 8.32. The van der Waals surface area contributed by atoms with E-state index < -0.39 is 0 Å². The van der Waals surface area contributed by atoms with Gasteiger partial charge in [-0.2, -0.15) is 0 Å². The van der Waals surface area contributed by atoms with E-state index >= 15 is 0 Å². The first-order chi connectivity index (χ1) is 11.0. The second-order valence-corrected chi connectivity index (χ2v) is 6.66. The molecule has 23 heavy (non-hydrogen) atoms. The number of H-pyrrole nitrogens is 1. The molecule has 0 bridgehead atoms. The van der Waals surface area contributed by atoms with Gasteiger partial charge >= 0.3 is 0 Å². The number of aryl methyl sites for hydroxylation is 1. The molecule has 5 nitrogen and oxygen atoms in total. The quantitative estimate of drug-likeness (QED) is 0.912. The van der Waals surface area contributed by atoms with Crippen LogP contribution in [-0.2, 0) is 17.6 Å². The van der Waals surface area contributed by atoms with Crippen molar-refractivity contribution in [3.63, 3.8) is 0 Å². The molecule has 0 fully saturated rings. The van der Waals surface area contributed by atoms with Crippen LogP contribution in [0.4, 0.5) is 0 Å². The Morgan fingerprint density at radius 2 is 2.22 bits per heavy atom. The maximum Gasteiger partial charge on any atom is 0.223 e. The van der Waals surface area contributed by atoms with Gasteiger partial charge in [0.25, 0.3) is 0 Å². The molecular weight excluding hydrogens is 288 g/mol. The van der Waals surface area contributed by atoms with E-state index in [1.165, 1.54) is 0 Å². The summed E-state index contributed by atoms with van der Waals surface area (Å²) in [6.07, 6.45) is 6.03. The van der Waals surface area contributed by atoms with Gasteiger partial charge in [-0.3, -0.25) is 9.78 Å². The lowest BCUT2D eigenvalue weighted by Crippen LogP contribution is -2.35. The Hall–Kier alpha value is -2.17. The number of rotatable bonds is 4. The summed E-state index contributed by atoms with van der Waals surface area (Å²) in [6.45, 7) is 6.25. The molecule has 2 aromatic rings. The van der Waals surface area contributed by atoms with Crippen molar-refractivity contribution in [1.82, 2.24) is 20.3 Å². The molecule has 1 aliphatic rings. The molecule has 122 valence electrons. The number of pyridine rings is 1. The fraction of sp³-hybridized carbons (Fsp3) is 0.500. The van der Waals surface area contributed by atoms with Gasteiger partial charge in [0.05, 0.1) is 11.7 Å². The van der Waals surface area contributed by atoms with Crippen LogP contribution >= 0.6 is 0 Å². The minimum absolute atomic E-state index is 0.0158. The van der Waals surface area contributed by atoms with Crippen LogP contribution in [0, 0.1) is 5.92 Å². The zero-order valence-corrected chi connectivity index (χ0v) is 14.0. The van der Waals surface area contributed by atoms with Crippen molar-refractivity contribution in [2.45, 2.75) is 52.0 Å². The summed E-state index contributed by atoms with van der Waals surface area (Å²) in [5.74, 6) is 1.55. The van der Waals surface area contributed by atoms with Crippen LogP contribution in [0.5, 0.6) is 0 Å². The third kappa shape index (κ3) is 3.44. The molecule has 3 rings (SSSR count). The number of hydrogen-bond acceptors (Lipinski definition) is 3.